The van der Waals surface area contributed by atoms with E-state index in [1.807, 2.05) is 0 Å². The highest BCUT2D eigenvalue weighted by Gasteiger charge is 2.26. The van der Waals surface area contributed by atoms with Crippen LogP contribution >= 0.6 is 7.82 Å². The lowest BCUT2D eigenvalue weighted by atomic mass is 10.1. The van der Waals surface area contributed by atoms with E-state index in [-0.39, 0.29) is 38.6 Å². The van der Waals surface area contributed by atoms with E-state index in [1.54, 1.807) is 0 Å². The molecule has 0 aromatic carbocycles. The second-order valence-electron chi connectivity index (χ2n) is 15.6. The van der Waals surface area contributed by atoms with Gasteiger partial charge in [-0.3, -0.25) is 18.6 Å². The second-order valence-corrected chi connectivity index (χ2v) is 17.1. The number of nitrogens with two attached hydrogens (primary N) is 1. The predicted molar refractivity (Wildman–Crippen MR) is 238 cm³/mol. The van der Waals surface area contributed by atoms with Gasteiger partial charge in [-0.15, -0.1) is 0 Å². The molecule has 0 aromatic heterocycles. The molecule has 0 heterocycles. The van der Waals surface area contributed by atoms with Crippen LogP contribution in [-0.4, -0.2) is 49.3 Å². The zero-order chi connectivity index (χ0) is 41.8. The van der Waals surface area contributed by atoms with E-state index in [0.29, 0.717) is 6.42 Å². The molecule has 0 aliphatic carbocycles. The molecule has 0 saturated heterocycles. The SMILES string of the molecule is CCCCC/C=C\C/C=C\CCCCCCCCCC(=O)OC(COC(=O)CCCCCCCCCCC/C=C\CCCCCCCC)COP(=O)(O)OCCN. The highest BCUT2D eigenvalue weighted by Crippen LogP contribution is 2.43. The Kier molecular flexibility index (Phi) is 42.4. The first-order valence-corrected chi connectivity index (χ1v) is 25.0. The van der Waals surface area contributed by atoms with Gasteiger partial charge in [-0.2, -0.15) is 0 Å². The van der Waals surface area contributed by atoms with Crippen LogP contribution in [0.25, 0.3) is 0 Å². The number of ether oxygens (including phenoxy) is 2. The van der Waals surface area contributed by atoms with E-state index in [1.165, 1.54) is 135 Å². The van der Waals surface area contributed by atoms with Gasteiger partial charge in [0.1, 0.15) is 6.61 Å². The van der Waals surface area contributed by atoms with Gasteiger partial charge in [0, 0.05) is 19.4 Å². The molecule has 0 saturated carbocycles. The van der Waals surface area contributed by atoms with Gasteiger partial charge in [0.2, 0.25) is 0 Å². The molecule has 2 unspecified atom stereocenters. The number of hydrogen-bond acceptors (Lipinski definition) is 8. The Morgan fingerprint density at radius 2 is 0.912 bits per heavy atom. The minimum absolute atomic E-state index is 0.0517. The van der Waals surface area contributed by atoms with Crippen molar-refractivity contribution >= 4 is 19.8 Å². The van der Waals surface area contributed by atoms with Crippen molar-refractivity contribution < 1.29 is 37.6 Å². The molecule has 0 aliphatic rings. The molecule has 0 aromatic rings. The predicted octanol–water partition coefficient (Wildman–Crippen LogP) is 13.7. The first-order valence-electron chi connectivity index (χ1n) is 23.5. The number of allylic oxidation sites excluding steroid dienone is 6. The first-order chi connectivity index (χ1) is 27.8. The van der Waals surface area contributed by atoms with Gasteiger partial charge in [0.15, 0.2) is 6.10 Å². The molecule has 0 rings (SSSR count). The lowest BCUT2D eigenvalue weighted by Crippen LogP contribution is -2.29. The molecule has 0 radical (unpaired) electrons. The maximum atomic E-state index is 12.6. The largest absolute Gasteiger partial charge is 0.472 e. The Bertz CT molecular complexity index is 1030. The third-order valence-electron chi connectivity index (χ3n) is 10.00. The van der Waals surface area contributed by atoms with Gasteiger partial charge >= 0.3 is 19.8 Å². The minimum Gasteiger partial charge on any atom is -0.462 e. The van der Waals surface area contributed by atoms with Crippen molar-refractivity contribution in [3.05, 3.63) is 36.5 Å². The summed E-state index contributed by atoms with van der Waals surface area (Å²) in [6, 6.07) is 0. The number of carbonyl (C=O) groups excluding carboxylic acids is 2. The van der Waals surface area contributed by atoms with Crippen LogP contribution in [0.2, 0.25) is 0 Å². The lowest BCUT2D eigenvalue weighted by molar-refractivity contribution is -0.161. The maximum Gasteiger partial charge on any atom is 0.472 e. The van der Waals surface area contributed by atoms with E-state index in [2.05, 4.69) is 50.3 Å². The van der Waals surface area contributed by atoms with Crippen LogP contribution in [0.4, 0.5) is 0 Å². The van der Waals surface area contributed by atoms with Crippen molar-refractivity contribution in [3.63, 3.8) is 0 Å². The van der Waals surface area contributed by atoms with Crippen molar-refractivity contribution in [2.75, 3.05) is 26.4 Å². The van der Waals surface area contributed by atoms with Crippen LogP contribution in [0.3, 0.4) is 0 Å². The van der Waals surface area contributed by atoms with Crippen LogP contribution in [0, 0.1) is 0 Å². The summed E-state index contributed by atoms with van der Waals surface area (Å²) in [5, 5.41) is 0. The molecule has 9 nitrogen and oxygen atoms in total. The smallest absolute Gasteiger partial charge is 0.462 e. The van der Waals surface area contributed by atoms with Crippen molar-refractivity contribution in [2.45, 2.75) is 225 Å². The number of unbranched alkanes of at least 4 members (excludes halogenated alkanes) is 25. The summed E-state index contributed by atoms with van der Waals surface area (Å²) in [5.74, 6) is -0.835. The second kappa shape index (κ2) is 43.8. The number of phosphoric ester groups is 1. The van der Waals surface area contributed by atoms with Crippen LogP contribution < -0.4 is 5.73 Å². The normalized spacial score (nSPS) is 13.5. The van der Waals surface area contributed by atoms with E-state index >= 15 is 0 Å². The number of hydrogen-bond donors (Lipinski definition) is 2. The average molecular weight is 826 g/mol. The zero-order valence-corrected chi connectivity index (χ0v) is 37.7. The fourth-order valence-electron chi connectivity index (χ4n) is 6.48. The molecule has 10 heteroatoms. The summed E-state index contributed by atoms with van der Waals surface area (Å²) in [4.78, 5) is 34.9. The van der Waals surface area contributed by atoms with Gasteiger partial charge in [-0.05, 0) is 70.6 Å². The molecule has 0 fully saturated rings. The molecule has 334 valence electrons. The maximum absolute atomic E-state index is 12.6. The lowest BCUT2D eigenvalue weighted by Gasteiger charge is -2.19. The Hall–Kier alpha value is -1.77. The van der Waals surface area contributed by atoms with Crippen molar-refractivity contribution in [1.82, 2.24) is 0 Å². The standard InChI is InChI=1S/C47H88NO8P/c1-3-5-7-9-11-13-15-17-19-21-22-24-25-27-29-31-33-35-37-39-46(49)53-43-45(44-55-57(51,52)54-42-41-48)56-47(50)40-38-36-34-32-30-28-26-23-20-18-16-14-12-10-8-6-4-2/h12,14,17-20,45H,3-11,13,15-16,21-44,48H2,1-2H3,(H,51,52)/b14-12-,19-17-,20-18-. The summed E-state index contributed by atoms with van der Waals surface area (Å²) in [6.45, 7) is 3.71. The molecule has 2 atom stereocenters. The Morgan fingerprint density at radius 1 is 0.526 bits per heavy atom. The number of rotatable bonds is 44. The molecule has 3 N–H and O–H groups in total. The van der Waals surface area contributed by atoms with Crippen molar-refractivity contribution in [1.29, 1.82) is 0 Å². The van der Waals surface area contributed by atoms with E-state index in [4.69, 9.17) is 24.3 Å². The zero-order valence-electron chi connectivity index (χ0n) is 36.8. The molecular weight excluding hydrogens is 737 g/mol. The van der Waals surface area contributed by atoms with Crippen LogP contribution in [0.5, 0.6) is 0 Å². The van der Waals surface area contributed by atoms with Crippen LogP contribution in [0.15, 0.2) is 36.5 Å². The Balaban J connectivity index is 4.10. The average Bonchev–Trinajstić information content (AvgIpc) is 3.20. The highest BCUT2D eigenvalue weighted by molar-refractivity contribution is 7.47. The molecule has 0 bridgehead atoms. The minimum atomic E-state index is -4.38. The monoisotopic (exact) mass is 826 g/mol. The Labute approximate surface area is 350 Å². The van der Waals surface area contributed by atoms with Gasteiger partial charge in [-0.25, -0.2) is 4.57 Å². The summed E-state index contributed by atoms with van der Waals surface area (Å²) >= 11 is 0. The van der Waals surface area contributed by atoms with Gasteiger partial charge < -0.3 is 20.1 Å². The highest BCUT2D eigenvalue weighted by atomic mass is 31.2. The number of carbonyl (C=O) groups is 2. The number of phosphoric acid groups is 1. The summed E-state index contributed by atoms with van der Waals surface area (Å²) in [7, 11) is -4.38. The summed E-state index contributed by atoms with van der Waals surface area (Å²) < 4.78 is 32.8. The molecular formula is C47H88NO8P. The van der Waals surface area contributed by atoms with Crippen LogP contribution in [0.1, 0.15) is 219 Å². The Morgan fingerprint density at radius 3 is 1.39 bits per heavy atom. The van der Waals surface area contributed by atoms with E-state index in [0.717, 1.165) is 51.4 Å². The third-order valence-corrected chi connectivity index (χ3v) is 11.0. The number of esters is 2. The summed E-state index contributed by atoms with van der Waals surface area (Å²) in [5.41, 5.74) is 5.35. The first kappa shape index (κ1) is 55.2. The fourth-order valence-corrected chi connectivity index (χ4v) is 7.25. The van der Waals surface area contributed by atoms with E-state index < -0.39 is 26.5 Å². The van der Waals surface area contributed by atoms with Gasteiger partial charge in [0.05, 0.1) is 13.2 Å². The third kappa shape index (κ3) is 43.6. The van der Waals surface area contributed by atoms with Crippen LogP contribution in [-0.2, 0) is 32.7 Å². The topological polar surface area (TPSA) is 134 Å². The molecule has 0 amide bonds. The molecule has 57 heavy (non-hydrogen) atoms. The van der Waals surface area contributed by atoms with Crippen molar-refractivity contribution in [3.8, 4) is 0 Å². The van der Waals surface area contributed by atoms with E-state index in [9.17, 15) is 19.0 Å². The summed E-state index contributed by atoms with van der Waals surface area (Å²) in [6.07, 6.45) is 48.8. The van der Waals surface area contributed by atoms with Gasteiger partial charge in [0.25, 0.3) is 0 Å². The molecule has 0 aliphatic heterocycles. The molecule has 0 spiro atoms. The van der Waals surface area contributed by atoms with Gasteiger partial charge in [-0.1, -0.05) is 172 Å². The van der Waals surface area contributed by atoms with Crippen molar-refractivity contribution in [2.24, 2.45) is 5.73 Å². The fraction of sp³-hybridized carbons (Fsp3) is 0.830. The quantitative estimate of drug-likeness (QED) is 0.0266.